The van der Waals surface area contributed by atoms with E-state index in [2.05, 4.69) is 26.8 Å². The Morgan fingerprint density at radius 3 is 2.61 bits per heavy atom. The first kappa shape index (κ1) is 28.1. The number of carbonyl (C=O) groups is 1. The Hall–Kier alpha value is -3.07. The number of pyridine rings is 1. The van der Waals surface area contributed by atoms with Gasteiger partial charge in [-0.1, -0.05) is 19.3 Å². The van der Waals surface area contributed by atoms with E-state index in [4.69, 9.17) is 20.6 Å². The van der Waals surface area contributed by atoms with Crippen molar-refractivity contribution in [3.63, 3.8) is 0 Å². The van der Waals surface area contributed by atoms with Crippen LogP contribution in [0.25, 0.3) is 0 Å². The van der Waals surface area contributed by atoms with Gasteiger partial charge >= 0.3 is 6.09 Å². The minimum absolute atomic E-state index is 0.0333. The summed E-state index contributed by atoms with van der Waals surface area (Å²) in [5.41, 5.74) is 7.84. The highest BCUT2D eigenvalue weighted by Crippen LogP contribution is 2.49. The number of primary amides is 1. The van der Waals surface area contributed by atoms with Gasteiger partial charge in [-0.25, -0.2) is 14.2 Å². The van der Waals surface area contributed by atoms with Crippen molar-refractivity contribution in [2.45, 2.75) is 76.5 Å². The minimum atomic E-state index is -0.860. The number of halogens is 1. The van der Waals surface area contributed by atoms with Gasteiger partial charge in [0, 0.05) is 56.4 Å². The topological polar surface area (TPSA) is 95.2 Å². The van der Waals surface area contributed by atoms with E-state index < -0.39 is 6.09 Å². The monoisotopic (exact) mass is 565 g/mol. The first-order chi connectivity index (χ1) is 20.0. The molecule has 5 atom stereocenters. The molecule has 9 heteroatoms. The smallest absolute Gasteiger partial charge is 0.404 e. The third kappa shape index (κ3) is 6.10. The molecule has 5 aliphatic rings. The molecule has 222 valence electrons. The fourth-order valence-corrected chi connectivity index (χ4v) is 8.10. The van der Waals surface area contributed by atoms with Crippen LogP contribution in [0.1, 0.15) is 63.4 Å². The molecule has 1 aliphatic carbocycles. The van der Waals surface area contributed by atoms with E-state index in [1.165, 1.54) is 37.4 Å². The van der Waals surface area contributed by atoms with Crippen LogP contribution in [0.3, 0.4) is 0 Å². The molecule has 0 radical (unpaired) electrons. The van der Waals surface area contributed by atoms with Gasteiger partial charge in [0.05, 0.1) is 12.1 Å². The van der Waals surface area contributed by atoms with Gasteiger partial charge in [-0.15, -0.1) is 0 Å². The fourth-order valence-electron chi connectivity index (χ4n) is 8.10. The van der Waals surface area contributed by atoms with Crippen molar-refractivity contribution in [2.24, 2.45) is 23.5 Å². The van der Waals surface area contributed by atoms with Crippen LogP contribution < -0.4 is 20.4 Å². The molecule has 2 aromatic rings. The molecule has 0 spiro atoms. The number of nitrogens with zero attached hydrogens (tertiary/aromatic N) is 4. The highest BCUT2D eigenvalue weighted by Gasteiger charge is 2.46. The number of aliphatic hydroxyl groups is 1. The van der Waals surface area contributed by atoms with Crippen LogP contribution in [0.5, 0.6) is 0 Å². The van der Waals surface area contributed by atoms with E-state index in [9.17, 15) is 9.18 Å². The second-order valence-electron chi connectivity index (χ2n) is 12.5. The summed E-state index contributed by atoms with van der Waals surface area (Å²) in [6.45, 7) is 4.37. The number of anilines is 3. The molecule has 3 N–H and O–H groups in total. The van der Waals surface area contributed by atoms with Gasteiger partial charge in [-0.2, -0.15) is 0 Å². The molecule has 5 fully saturated rings. The van der Waals surface area contributed by atoms with Crippen LogP contribution in [-0.2, 0) is 11.3 Å². The Bertz CT molecular complexity index is 1200. The zero-order valence-electron chi connectivity index (χ0n) is 24.0. The van der Waals surface area contributed by atoms with Crippen LogP contribution in [0.4, 0.5) is 26.4 Å². The number of aromatic nitrogens is 1. The molecular formula is C32H44FN5O3. The number of hydrogen-bond donors (Lipinski definition) is 2. The molecule has 1 aromatic carbocycles. The number of unbranched alkanes of at least 4 members (excludes halogenated alkanes) is 3. The SMILES string of the molecule is NC(=O)OCc1cc(F)cc(N2CCC[C@@H]3[C@H]2CCN3c2cc(N3C[C@H]4C[C@@H](C3)C4CCCCCCO)ccn2)c1. The molecule has 1 saturated carbocycles. The van der Waals surface area contributed by atoms with Crippen molar-refractivity contribution >= 4 is 23.3 Å². The average Bonchev–Trinajstić information content (AvgIpc) is 3.42. The zero-order valence-corrected chi connectivity index (χ0v) is 24.0. The number of rotatable bonds is 11. The molecular weight excluding hydrogens is 521 g/mol. The van der Waals surface area contributed by atoms with E-state index in [0.717, 1.165) is 87.5 Å². The summed E-state index contributed by atoms with van der Waals surface area (Å²) >= 11 is 0. The molecule has 4 aliphatic heterocycles. The van der Waals surface area contributed by atoms with Gasteiger partial charge < -0.3 is 30.3 Å². The molecule has 8 nitrogen and oxygen atoms in total. The van der Waals surface area contributed by atoms with Crippen molar-refractivity contribution in [3.8, 4) is 0 Å². The van der Waals surface area contributed by atoms with E-state index in [-0.39, 0.29) is 18.5 Å². The predicted molar refractivity (Wildman–Crippen MR) is 159 cm³/mol. The van der Waals surface area contributed by atoms with Crippen LogP contribution >= 0.6 is 0 Å². The Labute approximate surface area is 242 Å². The fraction of sp³-hybridized carbons (Fsp3) is 0.625. The van der Waals surface area contributed by atoms with E-state index in [1.807, 2.05) is 12.3 Å². The summed E-state index contributed by atoms with van der Waals surface area (Å²) in [7, 11) is 0. The third-order valence-electron chi connectivity index (χ3n) is 10.0. The van der Waals surface area contributed by atoms with Gasteiger partial charge in [0.2, 0.25) is 0 Å². The van der Waals surface area contributed by atoms with Gasteiger partial charge in [0.15, 0.2) is 0 Å². The first-order valence-electron chi connectivity index (χ1n) is 15.6. The number of aliphatic hydroxyl groups excluding tert-OH is 1. The molecule has 2 bridgehead atoms. The highest BCUT2D eigenvalue weighted by molar-refractivity contribution is 5.64. The quantitative estimate of drug-likeness (QED) is 0.367. The number of ether oxygens (including phenoxy) is 1. The minimum Gasteiger partial charge on any atom is -0.445 e. The maximum absolute atomic E-state index is 14.5. The number of benzene rings is 1. The molecule has 1 aromatic heterocycles. The Kier molecular flexibility index (Phi) is 8.51. The van der Waals surface area contributed by atoms with Crippen LogP contribution in [0.2, 0.25) is 0 Å². The standard InChI is InChI=1S/C32H44FN5O3/c33-25-14-22(21-41-32(34)40)15-27(17-25)37-11-5-7-29-30(37)9-12-38(29)31-18-26(8-10-35-31)36-19-23-16-24(20-36)28(23)6-3-1-2-4-13-39/h8,10,14-15,17-18,23-24,28-30,39H,1-7,9,11-13,16,19-21H2,(H2,34,40)/t23-,24+,28?,29-,30-/m1/s1. The number of piperidine rings is 3. The second kappa shape index (κ2) is 12.4. The summed E-state index contributed by atoms with van der Waals surface area (Å²) in [6, 6.07) is 9.96. The van der Waals surface area contributed by atoms with E-state index >= 15 is 0 Å². The molecule has 5 heterocycles. The Balaban J connectivity index is 1.10. The lowest BCUT2D eigenvalue weighted by molar-refractivity contribution is 0.0392. The van der Waals surface area contributed by atoms with Gasteiger partial charge in [0.1, 0.15) is 18.2 Å². The van der Waals surface area contributed by atoms with Crippen molar-refractivity contribution < 1.29 is 19.0 Å². The van der Waals surface area contributed by atoms with Gasteiger partial charge in [-0.05, 0) is 86.1 Å². The highest BCUT2D eigenvalue weighted by atomic mass is 19.1. The Morgan fingerprint density at radius 1 is 1.00 bits per heavy atom. The second-order valence-corrected chi connectivity index (χ2v) is 12.5. The predicted octanol–water partition coefficient (Wildman–Crippen LogP) is 5.08. The van der Waals surface area contributed by atoms with Crippen LogP contribution in [0, 0.1) is 23.6 Å². The maximum Gasteiger partial charge on any atom is 0.404 e. The number of hydrogen-bond acceptors (Lipinski definition) is 7. The first-order valence-corrected chi connectivity index (χ1v) is 15.6. The van der Waals surface area contributed by atoms with Crippen LogP contribution in [0.15, 0.2) is 36.5 Å². The van der Waals surface area contributed by atoms with E-state index in [1.54, 1.807) is 6.07 Å². The Morgan fingerprint density at radius 2 is 1.80 bits per heavy atom. The lowest BCUT2D eigenvalue weighted by atomic mass is 9.60. The average molecular weight is 566 g/mol. The lowest BCUT2D eigenvalue weighted by Crippen LogP contribution is -2.55. The third-order valence-corrected chi connectivity index (χ3v) is 10.0. The largest absolute Gasteiger partial charge is 0.445 e. The van der Waals surface area contributed by atoms with Crippen molar-refractivity contribution in [2.75, 3.05) is 47.5 Å². The van der Waals surface area contributed by atoms with Gasteiger partial charge in [0.25, 0.3) is 0 Å². The summed E-state index contributed by atoms with van der Waals surface area (Å²) in [5.74, 6) is 3.19. The summed E-state index contributed by atoms with van der Waals surface area (Å²) in [6.07, 6.45) is 11.6. The summed E-state index contributed by atoms with van der Waals surface area (Å²) in [5, 5.41) is 9.01. The molecule has 7 rings (SSSR count). The van der Waals surface area contributed by atoms with Gasteiger partial charge in [-0.3, -0.25) is 0 Å². The summed E-state index contributed by atoms with van der Waals surface area (Å²) < 4.78 is 19.5. The molecule has 4 saturated heterocycles. The van der Waals surface area contributed by atoms with Crippen LogP contribution in [-0.4, -0.2) is 61.1 Å². The maximum atomic E-state index is 14.5. The van der Waals surface area contributed by atoms with Crippen molar-refractivity contribution in [3.05, 3.63) is 47.9 Å². The van der Waals surface area contributed by atoms with E-state index in [0.29, 0.717) is 18.2 Å². The number of amides is 1. The zero-order chi connectivity index (χ0) is 28.3. The molecule has 41 heavy (non-hydrogen) atoms. The number of carbonyl (C=O) groups excluding carboxylic acids is 1. The normalized spacial score (nSPS) is 27.0. The number of nitrogens with two attached hydrogens (primary N) is 1. The van der Waals surface area contributed by atoms with Crippen molar-refractivity contribution in [1.82, 2.24) is 4.98 Å². The molecule has 1 unspecified atom stereocenters. The summed E-state index contributed by atoms with van der Waals surface area (Å²) in [4.78, 5) is 23.3. The van der Waals surface area contributed by atoms with Crippen molar-refractivity contribution in [1.29, 1.82) is 0 Å². The number of fused-ring (bicyclic) bond motifs is 3. The lowest BCUT2D eigenvalue weighted by Gasteiger charge is -2.54. The molecule has 1 amide bonds.